The number of halogens is 1. The maximum Gasteiger partial charge on any atom is 0.000266 e. The minimum atomic E-state index is 0.380. The largest absolute Gasteiger partial charge is 0.0933 e. The molecule has 0 saturated heterocycles. The molecule has 0 amide bonds. The van der Waals surface area contributed by atoms with Crippen LogP contribution in [0.4, 0.5) is 0 Å². The van der Waals surface area contributed by atoms with Crippen LogP contribution in [0.2, 0.25) is 0 Å². The van der Waals surface area contributed by atoms with E-state index in [2.05, 4.69) is 20.8 Å². The van der Waals surface area contributed by atoms with Gasteiger partial charge in [-0.3, -0.25) is 0 Å². The first-order valence-corrected chi connectivity index (χ1v) is 3.25. The summed E-state index contributed by atoms with van der Waals surface area (Å²) in [5.41, 5.74) is 1.96. The van der Waals surface area contributed by atoms with Crippen molar-refractivity contribution in [3.63, 3.8) is 0 Å². The number of rotatable bonds is 1. The van der Waals surface area contributed by atoms with E-state index < -0.39 is 0 Å². The van der Waals surface area contributed by atoms with Crippen molar-refractivity contribution < 1.29 is 0 Å². The van der Waals surface area contributed by atoms with E-state index in [1.807, 2.05) is 6.08 Å². The van der Waals surface area contributed by atoms with Gasteiger partial charge in [0.15, 0.2) is 0 Å². The lowest BCUT2D eigenvalue weighted by Crippen LogP contribution is -2.01. The summed E-state index contributed by atoms with van der Waals surface area (Å²) in [6.45, 7) is 6.55. The second-order valence-corrected chi connectivity index (χ2v) is 3.38. The van der Waals surface area contributed by atoms with Crippen molar-refractivity contribution in [1.82, 2.24) is 0 Å². The van der Waals surface area contributed by atoms with Crippen molar-refractivity contribution in [2.75, 3.05) is 0 Å². The highest BCUT2D eigenvalue weighted by Crippen LogP contribution is 2.18. The van der Waals surface area contributed by atoms with Crippen LogP contribution in [0.1, 0.15) is 27.2 Å². The van der Waals surface area contributed by atoms with Gasteiger partial charge in [-0.15, -0.1) is 0 Å². The van der Waals surface area contributed by atoms with Crippen LogP contribution in [0.25, 0.3) is 0 Å². The average Bonchev–Trinajstić information content (AvgIpc) is 1.59. The standard InChI is InChI=1S/C7H13Cl/c1-7(2,3)5-4-6-8/h4,6H,5H2,1-3H3/b6-4+. The van der Waals surface area contributed by atoms with Gasteiger partial charge in [-0.25, -0.2) is 0 Å². The Hall–Kier alpha value is 0.0300. The van der Waals surface area contributed by atoms with Gasteiger partial charge in [0.05, 0.1) is 0 Å². The Labute approximate surface area is 56.5 Å². The molecule has 0 unspecified atom stereocenters. The molecule has 0 aliphatic carbocycles. The second-order valence-electron chi connectivity index (χ2n) is 3.13. The molecule has 0 fully saturated rings. The highest BCUT2D eigenvalue weighted by Gasteiger charge is 2.05. The number of hydrogen-bond acceptors (Lipinski definition) is 0. The van der Waals surface area contributed by atoms with Gasteiger partial charge in [0, 0.05) is 5.54 Å². The second kappa shape index (κ2) is 3.13. The smallest absolute Gasteiger partial charge is 0.000266 e. The Morgan fingerprint density at radius 2 is 1.88 bits per heavy atom. The molecule has 0 aliphatic rings. The van der Waals surface area contributed by atoms with Crippen LogP contribution >= 0.6 is 11.6 Å². The third-order valence-electron chi connectivity index (χ3n) is 0.819. The summed E-state index contributed by atoms with van der Waals surface area (Å²) in [5.74, 6) is 0. The fourth-order valence-electron chi connectivity index (χ4n) is 0.398. The maximum atomic E-state index is 5.33. The molecule has 0 aromatic carbocycles. The third kappa shape index (κ3) is 6.03. The lowest BCUT2D eigenvalue weighted by molar-refractivity contribution is 0.421. The summed E-state index contributed by atoms with van der Waals surface area (Å²) in [5, 5.41) is 0. The van der Waals surface area contributed by atoms with Crippen LogP contribution in [-0.4, -0.2) is 0 Å². The van der Waals surface area contributed by atoms with Gasteiger partial charge in [0.1, 0.15) is 0 Å². The summed E-state index contributed by atoms with van der Waals surface area (Å²) >= 11 is 5.33. The normalized spacial score (nSPS) is 13.0. The van der Waals surface area contributed by atoms with Crippen LogP contribution in [-0.2, 0) is 0 Å². The van der Waals surface area contributed by atoms with Crippen molar-refractivity contribution >= 4 is 11.6 Å². The molecule has 0 N–H and O–H groups in total. The summed E-state index contributed by atoms with van der Waals surface area (Å²) in [6.07, 6.45) is 3.03. The molecule has 0 spiro atoms. The van der Waals surface area contributed by atoms with Crippen molar-refractivity contribution in [2.45, 2.75) is 27.2 Å². The van der Waals surface area contributed by atoms with Crippen LogP contribution in [0.3, 0.4) is 0 Å². The van der Waals surface area contributed by atoms with E-state index in [1.54, 1.807) is 5.54 Å². The maximum absolute atomic E-state index is 5.33. The van der Waals surface area contributed by atoms with Crippen molar-refractivity contribution in [3.05, 3.63) is 11.6 Å². The molecule has 0 heterocycles. The zero-order chi connectivity index (χ0) is 6.62. The van der Waals surface area contributed by atoms with E-state index in [-0.39, 0.29) is 0 Å². The van der Waals surface area contributed by atoms with Gasteiger partial charge in [0.2, 0.25) is 0 Å². The molecule has 8 heavy (non-hydrogen) atoms. The zero-order valence-corrected chi connectivity index (χ0v) is 6.50. The Morgan fingerprint density at radius 3 is 2.00 bits per heavy atom. The van der Waals surface area contributed by atoms with Crippen LogP contribution < -0.4 is 0 Å². The summed E-state index contributed by atoms with van der Waals surface area (Å²) in [6, 6.07) is 0. The number of allylic oxidation sites excluding steroid dienone is 1. The van der Waals surface area contributed by atoms with E-state index in [1.165, 1.54) is 0 Å². The van der Waals surface area contributed by atoms with Gasteiger partial charge in [-0.2, -0.15) is 0 Å². The average molecular weight is 133 g/mol. The Morgan fingerprint density at radius 1 is 1.38 bits per heavy atom. The van der Waals surface area contributed by atoms with E-state index in [4.69, 9.17) is 11.6 Å². The predicted octanol–water partition coefficient (Wildman–Crippen LogP) is 3.18. The summed E-state index contributed by atoms with van der Waals surface area (Å²) < 4.78 is 0. The lowest BCUT2D eigenvalue weighted by Gasteiger charge is -2.13. The molecular weight excluding hydrogens is 120 g/mol. The van der Waals surface area contributed by atoms with Gasteiger partial charge in [0.25, 0.3) is 0 Å². The summed E-state index contributed by atoms with van der Waals surface area (Å²) in [7, 11) is 0. The van der Waals surface area contributed by atoms with Gasteiger partial charge in [-0.05, 0) is 11.8 Å². The monoisotopic (exact) mass is 132 g/mol. The molecular formula is C7H13Cl. The molecule has 0 nitrogen and oxygen atoms in total. The molecule has 0 rings (SSSR count). The van der Waals surface area contributed by atoms with Crippen LogP contribution in [0, 0.1) is 5.41 Å². The fourth-order valence-corrected chi connectivity index (χ4v) is 0.487. The Bertz CT molecular complexity index is 76.9. The SMILES string of the molecule is CC(C)(C)C/C=C/Cl. The molecule has 0 aromatic rings. The molecule has 0 bridgehead atoms. The minimum absolute atomic E-state index is 0.380. The Balaban J connectivity index is 3.39. The highest BCUT2D eigenvalue weighted by molar-refractivity contribution is 6.25. The van der Waals surface area contributed by atoms with E-state index in [0.29, 0.717) is 5.41 Å². The molecule has 0 aromatic heterocycles. The third-order valence-corrected chi connectivity index (χ3v) is 0.997. The predicted molar refractivity (Wildman–Crippen MR) is 39.1 cm³/mol. The quantitative estimate of drug-likeness (QED) is 0.514. The van der Waals surface area contributed by atoms with Crippen molar-refractivity contribution in [1.29, 1.82) is 0 Å². The van der Waals surface area contributed by atoms with Crippen molar-refractivity contribution in [3.8, 4) is 0 Å². The van der Waals surface area contributed by atoms with Gasteiger partial charge < -0.3 is 0 Å². The molecule has 48 valence electrons. The van der Waals surface area contributed by atoms with E-state index in [9.17, 15) is 0 Å². The van der Waals surface area contributed by atoms with E-state index >= 15 is 0 Å². The molecule has 0 saturated carbocycles. The van der Waals surface area contributed by atoms with Crippen molar-refractivity contribution in [2.24, 2.45) is 5.41 Å². The highest BCUT2D eigenvalue weighted by atomic mass is 35.5. The lowest BCUT2D eigenvalue weighted by atomic mass is 9.93. The zero-order valence-electron chi connectivity index (χ0n) is 5.74. The van der Waals surface area contributed by atoms with Gasteiger partial charge >= 0.3 is 0 Å². The topological polar surface area (TPSA) is 0 Å². The Kier molecular flexibility index (Phi) is 3.15. The molecule has 0 radical (unpaired) electrons. The molecule has 0 aliphatic heterocycles. The fraction of sp³-hybridized carbons (Fsp3) is 0.714. The first-order chi connectivity index (χ1) is 3.56. The first-order valence-electron chi connectivity index (χ1n) is 2.81. The van der Waals surface area contributed by atoms with Crippen LogP contribution in [0.5, 0.6) is 0 Å². The first kappa shape index (κ1) is 8.03. The minimum Gasteiger partial charge on any atom is -0.0933 e. The number of hydrogen-bond donors (Lipinski definition) is 0. The molecule has 1 heteroatoms. The molecule has 0 atom stereocenters. The van der Waals surface area contributed by atoms with Gasteiger partial charge in [-0.1, -0.05) is 38.4 Å². The van der Waals surface area contributed by atoms with E-state index in [0.717, 1.165) is 6.42 Å². The van der Waals surface area contributed by atoms with Crippen LogP contribution in [0.15, 0.2) is 11.6 Å². The summed E-state index contributed by atoms with van der Waals surface area (Å²) in [4.78, 5) is 0.